The van der Waals surface area contributed by atoms with Crippen LogP contribution >= 0.6 is 0 Å². The Kier molecular flexibility index (Phi) is 6.24. The highest BCUT2D eigenvalue weighted by atomic mass is 16.5. The molecule has 1 saturated heterocycles. The lowest BCUT2D eigenvalue weighted by molar-refractivity contribution is -0.0162. The second-order valence-electron chi connectivity index (χ2n) is 9.16. The normalized spacial score (nSPS) is 19.5. The van der Waals surface area contributed by atoms with Gasteiger partial charge in [0.25, 0.3) is 0 Å². The van der Waals surface area contributed by atoms with E-state index in [-0.39, 0.29) is 6.61 Å². The lowest BCUT2D eigenvalue weighted by Gasteiger charge is -2.37. The Morgan fingerprint density at radius 3 is 2.08 bits per heavy atom. The molecule has 0 radical (unpaired) electrons. The molecule has 2 aromatic heterocycles. The summed E-state index contributed by atoms with van der Waals surface area (Å²) < 4.78 is 12.7. The molecule has 0 spiro atoms. The van der Waals surface area contributed by atoms with Crippen molar-refractivity contribution in [3.8, 4) is 5.75 Å². The number of nitrogens with one attached hydrogen (secondary N) is 1. The van der Waals surface area contributed by atoms with Gasteiger partial charge < -0.3 is 25.0 Å². The van der Waals surface area contributed by atoms with E-state index in [9.17, 15) is 10.2 Å². The second-order valence-corrected chi connectivity index (χ2v) is 9.16. The van der Waals surface area contributed by atoms with Crippen LogP contribution < -0.4 is 10.1 Å². The number of methoxy groups -OCH3 is 1. The number of ether oxygens (including phenoxy) is 2. The van der Waals surface area contributed by atoms with Gasteiger partial charge in [0, 0.05) is 0 Å². The van der Waals surface area contributed by atoms with Crippen LogP contribution in [0.15, 0.2) is 97.6 Å². The number of hydrogen-bond acceptors (Lipinski definition) is 8. The van der Waals surface area contributed by atoms with Gasteiger partial charge in [0.15, 0.2) is 23.2 Å². The number of aliphatic hydroxyl groups excluding tert-OH is 2. The SMILES string of the molecule is COc1ccc(C(Nc2ncnc3c2ncn3C2OCC(O)C2O)(c2ccccc2)c2ccccc2)cc1. The van der Waals surface area contributed by atoms with E-state index in [1.54, 1.807) is 18.0 Å². The molecule has 3 atom stereocenters. The molecule has 0 bridgehead atoms. The van der Waals surface area contributed by atoms with E-state index in [2.05, 4.69) is 44.5 Å². The third-order valence-electron chi connectivity index (χ3n) is 7.00. The molecule has 0 aliphatic carbocycles. The van der Waals surface area contributed by atoms with Gasteiger partial charge in [-0.3, -0.25) is 4.57 Å². The standard InChI is InChI=1S/C29H27N5O4/c1-37-22-14-12-21(13-15-22)29(19-8-4-2-5-9-19,20-10-6-3-7-11-20)33-26-24-27(31-17-30-26)34(18-32-24)28-25(36)23(35)16-38-28/h2-15,17-18,23,25,28,35-36H,16H2,1H3,(H,30,31,33). The molecule has 3 aromatic carbocycles. The summed E-state index contributed by atoms with van der Waals surface area (Å²) >= 11 is 0. The van der Waals surface area contributed by atoms with Crippen molar-refractivity contribution in [3.63, 3.8) is 0 Å². The summed E-state index contributed by atoms with van der Waals surface area (Å²) in [7, 11) is 1.65. The number of aromatic nitrogens is 4. The maximum Gasteiger partial charge on any atom is 0.167 e. The first-order valence-corrected chi connectivity index (χ1v) is 12.3. The third kappa shape index (κ3) is 3.97. The third-order valence-corrected chi connectivity index (χ3v) is 7.00. The highest BCUT2D eigenvalue weighted by molar-refractivity contribution is 5.84. The summed E-state index contributed by atoms with van der Waals surface area (Å²) in [5, 5.41) is 24.2. The number of fused-ring (bicyclic) bond motifs is 1. The van der Waals surface area contributed by atoms with Gasteiger partial charge in [0.05, 0.1) is 20.0 Å². The van der Waals surface area contributed by atoms with Crippen molar-refractivity contribution in [3.05, 3.63) is 114 Å². The van der Waals surface area contributed by atoms with E-state index in [0.29, 0.717) is 17.0 Å². The van der Waals surface area contributed by atoms with E-state index >= 15 is 0 Å². The maximum absolute atomic E-state index is 10.4. The molecule has 38 heavy (non-hydrogen) atoms. The fraction of sp³-hybridized carbons (Fsp3) is 0.207. The molecule has 1 fully saturated rings. The highest BCUT2D eigenvalue weighted by Gasteiger charge is 2.39. The average molecular weight is 510 g/mol. The van der Waals surface area contributed by atoms with E-state index < -0.39 is 24.0 Å². The summed E-state index contributed by atoms with van der Waals surface area (Å²) in [4.78, 5) is 13.6. The number of anilines is 1. The molecule has 0 saturated carbocycles. The smallest absolute Gasteiger partial charge is 0.167 e. The van der Waals surface area contributed by atoms with Crippen LogP contribution in [0.3, 0.4) is 0 Å². The van der Waals surface area contributed by atoms with Gasteiger partial charge in [-0.05, 0) is 28.8 Å². The Hall–Kier alpha value is -4.31. The zero-order valence-corrected chi connectivity index (χ0v) is 20.7. The second kappa shape index (κ2) is 9.86. The molecule has 192 valence electrons. The summed E-state index contributed by atoms with van der Waals surface area (Å²) in [6.45, 7) is 0.0320. The van der Waals surface area contributed by atoms with Crippen LogP contribution in [0.1, 0.15) is 22.9 Å². The summed E-state index contributed by atoms with van der Waals surface area (Å²) in [5.74, 6) is 1.26. The molecule has 1 aliphatic heterocycles. The van der Waals surface area contributed by atoms with Gasteiger partial charge in [0.1, 0.15) is 29.8 Å². The summed E-state index contributed by atoms with van der Waals surface area (Å²) in [6, 6.07) is 28.2. The van der Waals surface area contributed by atoms with Crippen molar-refractivity contribution < 1.29 is 19.7 Å². The number of imidazole rings is 1. The van der Waals surface area contributed by atoms with Crippen molar-refractivity contribution in [2.24, 2.45) is 0 Å². The predicted octanol–water partition coefficient (Wildman–Crippen LogP) is 3.49. The Morgan fingerprint density at radius 2 is 1.50 bits per heavy atom. The number of benzene rings is 3. The quantitative estimate of drug-likeness (QED) is 0.286. The van der Waals surface area contributed by atoms with Crippen molar-refractivity contribution in [1.29, 1.82) is 0 Å². The molecule has 0 amide bonds. The zero-order valence-electron chi connectivity index (χ0n) is 20.7. The lowest BCUT2D eigenvalue weighted by atomic mass is 9.77. The highest BCUT2D eigenvalue weighted by Crippen LogP contribution is 2.41. The molecule has 9 nitrogen and oxygen atoms in total. The van der Waals surface area contributed by atoms with E-state index in [4.69, 9.17) is 9.47 Å². The zero-order chi connectivity index (χ0) is 26.1. The van der Waals surface area contributed by atoms with E-state index in [1.165, 1.54) is 6.33 Å². The first-order chi connectivity index (χ1) is 18.6. The van der Waals surface area contributed by atoms with Gasteiger partial charge in [-0.15, -0.1) is 0 Å². The van der Waals surface area contributed by atoms with Crippen LogP contribution in [0, 0.1) is 0 Å². The van der Waals surface area contributed by atoms with Crippen molar-refractivity contribution in [2.45, 2.75) is 24.0 Å². The fourth-order valence-corrected chi connectivity index (χ4v) is 5.07. The molecular weight excluding hydrogens is 482 g/mol. The molecular formula is C29H27N5O4. The minimum absolute atomic E-state index is 0.0320. The molecule has 9 heteroatoms. The van der Waals surface area contributed by atoms with Crippen LogP contribution in [0.4, 0.5) is 5.82 Å². The number of hydrogen-bond donors (Lipinski definition) is 3. The summed E-state index contributed by atoms with van der Waals surface area (Å²) in [6.07, 6.45) is 0.139. The summed E-state index contributed by atoms with van der Waals surface area (Å²) in [5.41, 5.74) is 3.11. The van der Waals surface area contributed by atoms with Crippen molar-refractivity contribution in [1.82, 2.24) is 19.5 Å². The number of rotatable bonds is 7. The number of nitrogens with zero attached hydrogens (tertiary/aromatic N) is 4. The molecule has 6 rings (SSSR count). The lowest BCUT2D eigenvalue weighted by Crippen LogP contribution is -2.38. The average Bonchev–Trinajstić information content (AvgIpc) is 3.55. The van der Waals surface area contributed by atoms with Crippen LogP contribution in [0.25, 0.3) is 11.2 Å². The van der Waals surface area contributed by atoms with Crippen LogP contribution in [0.5, 0.6) is 5.75 Å². The molecule has 5 aromatic rings. The molecule has 3 N–H and O–H groups in total. The van der Waals surface area contributed by atoms with Crippen LogP contribution in [-0.4, -0.2) is 55.7 Å². The maximum atomic E-state index is 10.4. The Labute approximate surface area is 219 Å². The number of aliphatic hydroxyl groups is 2. The first kappa shape index (κ1) is 24.1. The fourth-order valence-electron chi connectivity index (χ4n) is 5.07. The minimum atomic E-state index is -1.09. The predicted molar refractivity (Wildman–Crippen MR) is 142 cm³/mol. The first-order valence-electron chi connectivity index (χ1n) is 12.3. The Bertz CT molecular complexity index is 1490. The van der Waals surface area contributed by atoms with Crippen molar-refractivity contribution in [2.75, 3.05) is 19.0 Å². The molecule has 3 unspecified atom stereocenters. The van der Waals surface area contributed by atoms with Gasteiger partial charge in [0.2, 0.25) is 0 Å². The molecule has 1 aliphatic rings. The van der Waals surface area contributed by atoms with E-state index in [1.807, 2.05) is 60.7 Å². The van der Waals surface area contributed by atoms with Gasteiger partial charge in [-0.25, -0.2) is 15.0 Å². The largest absolute Gasteiger partial charge is 0.497 e. The van der Waals surface area contributed by atoms with Crippen LogP contribution in [-0.2, 0) is 10.3 Å². The van der Waals surface area contributed by atoms with Gasteiger partial charge in [-0.1, -0.05) is 72.8 Å². The van der Waals surface area contributed by atoms with Crippen molar-refractivity contribution >= 4 is 17.0 Å². The van der Waals surface area contributed by atoms with Crippen LogP contribution in [0.2, 0.25) is 0 Å². The monoisotopic (exact) mass is 509 g/mol. The van der Waals surface area contributed by atoms with E-state index in [0.717, 1.165) is 22.4 Å². The Morgan fingerprint density at radius 1 is 0.868 bits per heavy atom. The van der Waals surface area contributed by atoms with Gasteiger partial charge in [-0.2, -0.15) is 0 Å². The Balaban J connectivity index is 1.55. The molecule has 3 heterocycles. The minimum Gasteiger partial charge on any atom is -0.497 e. The topological polar surface area (TPSA) is 115 Å². The van der Waals surface area contributed by atoms with Gasteiger partial charge >= 0.3 is 0 Å².